The van der Waals surface area contributed by atoms with Gasteiger partial charge < -0.3 is 10.2 Å². The molecular formula is C15H17N5. The minimum Gasteiger partial charge on any atom is -0.378 e. The zero-order valence-electron chi connectivity index (χ0n) is 11.8. The van der Waals surface area contributed by atoms with Crippen LogP contribution in [0.1, 0.15) is 5.69 Å². The molecule has 0 radical (unpaired) electrons. The molecule has 20 heavy (non-hydrogen) atoms. The van der Waals surface area contributed by atoms with Crippen molar-refractivity contribution in [2.24, 2.45) is 0 Å². The number of rotatable bonds is 3. The molecule has 0 aliphatic heterocycles. The summed E-state index contributed by atoms with van der Waals surface area (Å²) in [6.45, 7) is 2.00. The molecule has 2 aromatic heterocycles. The third-order valence-electron chi connectivity index (χ3n) is 3.27. The summed E-state index contributed by atoms with van der Waals surface area (Å²) in [7, 11) is 4.05. The van der Waals surface area contributed by atoms with Crippen LogP contribution in [0.2, 0.25) is 0 Å². The number of hydrogen-bond donors (Lipinski definition) is 2. The average Bonchev–Trinajstić information content (AvgIpc) is 2.82. The Kier molecular flexibility index (Phi) is 3.02. The lowest BCUT2D eigenvalue weighted by molar-refractivity contribution is 1.07. The van der Waals surface area contributed by atoms with Crippen molar-refractivity contribution in [2.45, 2.75) is 6.92 Å². The smallest absolute Gasteiger partial charge is 0.141 e. The summed E-state index contributed by atoms with van der Waals surface area (Å²) in [4.78, 5) is 6.50. The van der Waals surface area contributed by atoms with E-state index in [1.165, 1.54) is 0 Å². The Morgan fingerprint density at radius 3 is 2.85 bits per heavy atom. The van der Waals surface area contributed by atoms with E-state index in [1.54, 1.807) is 6.20 Å². The van der Waals surface area contributed by atoms with Crippen molar-refractivity contribution in [1.82, 2.24) is 15.2 Å². The molecule has 0 aliphatic rings. The number of aromatic nitrogens is 3. The predicted molar refractivity (Wildman–Crippen MR) is 82.7 cm³/mol. The lowest BCUT2D eigenvalue weighted by Gasteiger charge is -2.14. The number of H-pyrrole nitrogens is 1. The van der Waals surface area contributed by atoms with Gasteiger partial charge in [-0.05, 0) is 31.2 Å². The van der Waals surface area contributed by atoms with Gasteiger partial charge in [0, 0.05) is 37.4 Å². The minimum atomic E-state index is 0.824. The molecule has 0 saturated heterocycles. The Morgan fingerprint density at radius 2 is 2.05 bits per heavy atom. The zero-order valence-corrected chi connectivity index (χ0v) is 11.8. The highest BCUT2D eigenvalue weighted by Crippen LogP contribution is 2.26. The second kappa shape index (κ2) is 4.85. The fourth-order valence-electron chi connectivity index (χ4n) is 2.21. The Hall–Kier alpha value is -2.56. The van der Waals surface area contributed by atoms with Gasteiger partial charge in [-0.15, -0.1) is 0 Å². The van der Waals surface area contributed by atoms with Crippen molar-refractivity contribution in [1.29, 1.82) is 0 Å². The molecule has 2 N–H and O–H groups in total. The monoisotopic (exact) mass is 267 g/mol. The Labute approximate surface area is 117 Å². The van der Waals surface area contributed by atoms with Crippen LogP contribution in [0.5, 0.6) is 0 Å². The lowest BCUT2D eigenvalue weighted by Crippen LogP contribution is -2.08. The summed E-state index contributed by atoms with van der Waals surface area (Å²) in [6.07, 6.45) is 1.76. The largest absolute Gasteiger partial charge is 0.378 e. The molecule has 2 heterocycles. The number of anilines is 3. The number of hydrogen-bond acceptors (Lipinski definition) is 4. The van der Waals surface area contributed by atoms with Crippen molar-refractivity contribution in [2.75, 3.05) is 24.3 Å². The summed E-state index contributed by atoms with van der Waals surface area (Å²) < 4.78 is 0. The van der Waals surface area contributed by atoms with Gasteiger partial charge >= 0.3 is 0 Å². The quantitative estimate of drug-likeness (QED) is 0.765. The van der Waals surface area contributed by atoms with Crippen LogP contribution in [0.4, 0.5) is 17.2 Å². The summed E-state index contributed by atoms with van der Waals surface area (Å²) in [5.41, 5.74) is 4.09. The molecule has 0 fully saturated rings. The van der Waals surface area contributed by atoms with Gasteiger partial charge in [0.05, 0.1) is 10.9 Å². The van der Waals surface area contributed by atoms with E-state index in [2.05, 4.69) is 37.5 Å². The molecule has 3 aromatic rings. The van der Waals surface area contributed by atoms with Crippen LogP contribution in [0.25, 0.3) is 10.9 Å². The molecule has 3 rings (SSSR count). The molecule has 102 valence electrons. The predicted octanol–water partition coefficient (Wildman–Crippen LogP) is 3.08. The molecule has 0 unspecified atom stereocenters. The Bertz CT molecular complexity index is 745. The van der Waals surface area contributed by atoms with Gasteiger partial charge in [-0.25, -0.2) is 4.98 Å². The number of aryl methyl sites for hydroxylation is 1. The first-order chi connectivity index (χ1) is 9.65. The van der Waals surface area contributed by atoms with Crippen LogP contribution in [0, 0.1) is 6.92 Å². The van der Waals surface area contributed by atoms with Crippen LogP contribution in [0.15, 0.2) is 36.5 Å². The maximum atomic E-state index is 4.43. The van der Waals surface area contributed by atoms with E-state index in [-0.39, 0.29) is 0 Å². The summed E-state index contributed by atoms with van der Waals surface area (Å²) in [5.74, 6) is 0.824. The highest BCUT2D eigenvalue weighted by Gasteiger charge is 2.08. The maximum absolute atomic E-state index is 4.43. The fraction of sp³-hybridized carbons (Fsp3) is 0.200. The van der Waals surface area contributed by atoms with Crippen LogP contribution in [-0.4, -0.2) is 29.3 Å². The van der Waals surface area contributed by atoms with Crippen molar-refractivity contribution in [3.63, 3.8) is 0 Å². The van der Waals surface area contributed by atoms with Crippen LogP contribution in [-0.2, 0) is 0 Å². The van der Waals surface area contributed by atoms with Crippen molar-refractivity contribution < 1.29 is 0 Å². The summed E-state index contributed by atoms with van der Waals surface area (Å²) in [5, 5.41) is 11.6. The van der Waals surface area contributed by atoms with Gasteiger partial charge in [-0.3, -0.25) is 5.10 Å². The molecule has 0 spiro atoms. The number of fused-ring (bicyclic) bond motifs is 1. The van der Waals surface area contributed by atoms with Crippen molar-refractivity contribution in [3.05, 3.63) is 42.2 Å². The number of nitrogens with zero attached hydrogens (tertiary/aromatic N) is 3. The minimum absolute atomic E-state index is 0.824. The van der Waals surface area contributed by atoms with Crippen LogP contribution < -0.4 is 10.2 Å². The number of benzene rings is 1. The first-order valence-electron chi connectivity index (χ1n) is 6.49. The summed E-state index contributed by atoms with van der Waals surface area (Å²) in [6, 6.07) is 10.1. The second-order valence-corrected chi connectivity index (χ2v) is 4.97. The molecule has 5 heteroatoms. The van der Waals surface area contributed by atoms with E-state index in [0.29, 0.717) is 0 Å². The third-order valence-corrected chi connectivity index (χ3v) is 3.27. The SMILES string of the molecule is Cc1[nH]nc2ccnc(Nc3cccc(N(C)C)c3)c12. The Balaban J connectivity index is 2.01. The van der Waals surface area contributed by atoms with E-state index in [1.807, 2.05) is 39.2 Å². The summed E-state index contributed by atoms with van der Waals surface area (Å²) >= 11 is 0. The number of pyridine rings is 1. The molecule has 0 aliphatic carbocycles. The lowest BCUT2D eigenvalue weighted by atomic mass is 10.2. The standard InChI is InChI=1S/C15H17N5/c1-10-14-13(19-18-10)7-8-16-15(14)17-11-5-4-6-12(9-11)20(2)3/h4-9H,1-3H3,(H,16,17)(H,18,19). The first kappa shape index (κ1) is 12.5. The van der Waals surface area contributed by atoms with Gasteiger partial charge in [-0.2, -0.15) is 5.10 Å². The molecule has 0 atom stereocenters. The molecule has 5 nitrogen and oxygen atoms in total. The first-order valence-corrected chi connectivity index (χ1v) is 6.49. The van der Waals surface area contributed by atoms with Crippen LogP contribution in [0.3, 0.4) is 0 Å². The Morgan fingerprint density at radius 1 is 1.20 bits per heavy atom. The fourth-order valence-corrected chi connectivity index (χ4v) is 2.21. The molecular weight excluding hydrogens is 250 g/mol. The highest BCUT2D eigenvalue weighted by atomic mass is 15.1. The normalized spacial score (nSPS) is 10.8. The average molecular weight is 267 g/mol. The van der Waals surface area contributed by atoms with Crippen molar-refractivity contribution >= 4 is 28.1 Å². The number of nitrogens with one attached hydrogen (secondary N) is 2. The molecule has 0 bridgehead atoms. The van der Waals surface area contributed by atoms with E-state index in [9.17, 15) is 0 Å². The van der Waals surface area contributed by atoms with Gasteiger partial charge in [0.1, 0.15) is 5.82 Å². The topological polar surface area (TPSA) is 56.8 Å². The van der Waals surface area contributed by atoms with E-state index in [4.69, 9.17) is 0 Å². The van der Waals surface area contributed by atoms with Crippen molar-refractivity contribution in [3.8, 4) is 0 Å². The van der Waals surface area contributed by atoms with E-state index >= 15 is 0 Å². The van der Waals surface area contributed by atoms with Gasteiger partial charge in [0.25, 0.3) is 0 Å². The van der Waals surface area contributed by atoms with E-state index in [0.717, 1.165) is 33.8 Å². The highest BCUT2D eigenvalue weighted by molar-refractivity contribution is 5.92. The van der Waals surface area contributed by atoms with Gasteiger partial charge in [-0.1, -0.05) is 6.07 Å². The van der Waals surface area contributed by atoms with Gasteiger partial charge in [0.15, 0.2) is 0 Å². The van der Waals surface area contributed by atoms with E-state index < -0.39 is 0 Å². The molecule has 1 aromatic carbocycles. The molecule has 0 saturated carbocycles. The molecule has 0 amide bonds. The zero-order chi connectivity index (χ0) is 14.1. The third kappa shape index (κ3) is 2.18. The maximum Gasteiger partial charge on any atom is 0.141 e. The number of aromatic amines is 1. The second-order valence-electron chi connectivity index (χ2n) is 4.97. The van der Waals surface area contributed by atoms with Crippen LogP contribution >= 0.6 is 0 Å². The van der Waals surface area contributed by atoms with Gasteiger partial charge in [0.2, 0.25) is 0 Å².